The van der Waals surface area contributed by atoms with Gasteiger partial charge in [-0.15, -0.1) is 0 Å². The molecule has 0 spiro atoms. The first-order valence-corrected chi connectivity index (χ1v) is 6.69. The van der Waals surface area contributed by atoms with E-state index in [0.29, 0.717) is 6.54 Å². The Morgan fingerprint density at radius 2 is 2.00 bits per heavy atom. The third-order valence-corrected chi connectivity index (χ3v) is 3.42. The molecule has 1 nitrogen and oxygen atoms in total. The summed E-state index contributed by atoms with van der Waals surface area (Å²) in [6.45, 7) is 4.47. The van der Waals surface area contributed by atoms with Gasteiger partial charge in [-0.2, -0.15) is 13.2 Å². The van der Waals surface area contributed by atoms with Crippen LogP contribution in [0.4, 0.5) is 13.2 Å². The summed E-state index contributed by atoms with van der Waals surface area (Å²) in [6, 6.07) is 5.46. The number of halogens is 4. The molecule has 0 amide bonds. The number of hydrogen-bond acceptors (Lipinski definition) is 1. The fourth-order valence-corrected chi connectivity index (χ4v) is 2.38. The van der Waals surface area contributed by atoms with Crippen molar-refractivity contribution in [1.29, 1.82) is 0 Å². The molecule has 0 saturated carbocycles. The lowest BCUT2D eigenvalue weighted by Gasteiger charge is -2.21. The van der Waals surface area contributed by atoms with Gasteiger partial charge >= 0.3 is 6.18 Å². The standard InChI is InChI=1S/C13H17BrF3N/c1-3-18-12(6-7-13(15,16)17)10-8-9(2)4-5-11(10)14/h4-5,8,12,18H,3,6-7H2,1-2H3. The summed E-state index contributed by atoms with van der Waals surface area (Å²) >= 11 is 3.40. The highest BCUT2D eigenvalue weighted by molar-refractivity contribution is 9.10. The summed E-state index contributed by atoms with van der Waals surface area (Å²) in [5.41, 5.74) is 1.93. The van der Waals surface area contributed by atoms with Crippen LogP contribution in [0.3, 0.4) is 0 Å². The fraction of sp³-hybridized carbons (Fsp3) is 0.538. The van der Waals surface area contributed by atoms with E-state index in [9.17, 15) is 13.2 Å². The number of hydrogen-bond donors (Lipinski definition) is 1. The number of benzene rings is 1. The van der Waals surface area contributed by atoms with Gasteiger partial charge in [-0.3, -0.25) is 0 Å². The molecule has 0 bridgehead atoms. The molecule has 0 aliphatic heterocycles. The van der Waals surface area contributed by atoms with Gasteiger partial charge in [0.25, 0.3) is 0 Å². The van der Waals surface area contributed by atoms with E-state index in [1.807, 2.05) is 32.0 Å². The predicted octanol–water partition coefficient (Wildman–Crippen LogP) is 4.75. The maximum absolute atomic E-state index is 12.3. The number of rotatable bonds is 5. The minimum Gasteiger partial charge on any atom is -0.310 e. The van der Waals surface area contributed by atoms with Crippen LogP contribution >= 0.6 is 15.9 Å². The zero-order valence-corrected chi connectivity index (χ0v) is 12.0. The molecule has 1 aromatic carbocycles. The van der Waals surface area contributed by atoms with Crippen molar-refractivity contribution in [2.45, 2.75) is 38.9 Å². The molecule has 102 valence electrons. The van der Waals surface area contributed by atoms with Gasteiger partial charge in [0.05, 0.1) is 0 Å². The first-order valence-electron chi connectivity index (χ1n) is 5.89. The highest BCUT2D eigenvalue weighted by Gasteiger charge is 2.29. The van der Waals surface area contributed by atoms with Crippen molar-refractivity contribution >= 4 is 15.9 Å². The largest absolute Gasteiger partial charge is 0.389 e. The smallest absolute Gasteiger partial charge is 0.310 e. The van der Waals surface area contributed by atoms with Gasteiger partial charge in [-0.05, 0) is 31.5 Å². The topological polar surface area (TPSA) is 12.0 Å². The molecule has 0 aliphatic rings. The minimum atomic E-state index is -4.11. The quantitative estimate of drug-likeness (QED) is 0.824. The van der Waals surface area contributed by atoms with Crippen LogP contribution in [0.25, 0.3) is 0 Å². The Kier molecular flexibility index (Phi) is 5.66. The van der Waals surface area contributed by atoms with Crippen LogP contribution in [0.15, 0.2) is 22.7 Å². The van der Waals surface area contributed by atoms with Gasteiger partial charge < -0.3 is 5.32 Å². The maximum Gasteiger partial charge on any atom is 0.389 e. The molecule has 1 atom stereocenters. The monoisotopic (exact) mass is 323 g/mol. The van der Waals surface area contributed by atoms with Crippen molar-refractivity contribution in [3.63, 3.8) is 0 Å². The molecular weight excluding hydrogens is 307 g/mol. The van der Waals surface area contributed by atoms with Crippen LogP contribution in [-0.4, -0.2) is 12.7 Å². The number of aryl methyl sites for hydroxylation is 1. The average molecular weight is 324 g/mol. The molecular formula is C13H17BrF3N. The molecule has 18 heavy (non-hydrogen) atoms. The molecule has 0 aromatic heterocycles. The Hall–Kier alpha value is -0.550. The van der Waals surface area contributed by atoms with E-state index in [0.717, 1.165) is 15.6 Å². The van der Waals surface area contributed by atoms with Crippen molar-refractivity contribution in [3.05, 3.63) is 33.8 Å². The van der Waals surface area contributed by atoms with Gasteiger partial charge in [0.1, 0.15) is 0 Å². The molecule has 5 heteroatoms. The lowest BCUT2D eigenvalue weighted by Crippen LogP contribution is -2.23. The summed E-state index contributed by atoms with van der Waals surface area (Å²) in [6.07, 6.45) is -4.82. The first-order chi connectivity index (χ1) is 8.33. The highest BCUT2D eigenvalue weighted by atomic mass is 79.9. The number of alkyl halides is 3. The van der Waals surface area contributed by atoms with Crippen molar-refractivity contribution in [3.8, 4) is 0 Å². The predicted molar refractivity (Wildman–Crippen MR) is 70.6 cm³/mol. The summed E-state index contributed by atoms with van der Waals surface area (Å²) in [4.78, 5) is 0. The van der Waals surface area contributed by atoms with Gasteiger partial charge in [-0.25, -0.2) is 0 Å². The summed E-state index contributed by atoms with van der Waals surface area (Å²) in [5.74, 6) is 0. The van der Waals surface area contributed by atoms with Crippen molar-refractivity contribution < 1.29 is 13.2 Å². The molecule has 0 aliphatic carbocycles. The highest BCUT2D eigenvalue weighted by Crippen LogP contribution is 2.31. The van der Waals surface area contributed by atoms with Gasteiger partial charge in [0.2, 0.25) is 0 Å². The zero-order valence-electron chi connectivity index (χ0n) is 10.4. The fourth-order valence-electron chi connectivity index (χ4n) is 1.85. The van der Waals surface area contributed by atoms with Gasteiger partial charge in [0, 0.05) is 16.9 Å². The van der Waals surface area contributed by atoms with E-state index in [-0.39, 0.29) is 12.5 Å². The molecule has 0 fully saturated rings. The molecule has 1 rings (SSSR count). The zero-order chi connectivity index (χ0) is 13.8. The van der Waals surface area contributed by atoms with Crippen molar-refractivity contribution in [2.24, 2.45) is 0 Å². The average Bonchev–Trinajstić information content (AvgIpc) is 2.26. The lowest BCUT2D eigenvalue weighted by molar-refractivity contribution is -0.136. The van der Waals surface area contributed by atoms with Crippen LogP contribution in [0.1, 0.15) is 36.9 Å². The van der Waals surface area contributed by atoms with Crippen molar-refractivity contribution in [1.82, 2.24) is 5.32 Å². The van der Waals surface area contributed by atoms with Crippen LogP contribution in [0.5, 0.6) is 0 Å². The second-order valence-electron chi connectivity index (χ2n) is 4.29. The van der Waals surface area contributed by atoms with Crippen LogP contribution < -0.4 is 5.32 Å². The van der Waals surface area contributed by atoms with E-state index >= 15 is 0 Å². The van der Waals surface area contributed by atoms with Crippen molar-refractivity contribution in [2.75, 3.05) is 6.54 Å². The summed E-state index contributed by atoms with van der Waals surface area (Å²) in [7, 11) is 0. The second kappa shape index (κ2) is 6.57. The second-order valence-corrected chi connectivity index (χ2v) is 5.14. The van der Waals surface area contributed by atoms with E-state index in [1.165, 1.54) is 0 Å². The van der Waals surface area contributed by atoms with E-state index in [1.54, 1.807) is 0 Å². The molecule has 1 N–H and O–H groups in total. The summed E-state index contributed by atoms with van der Waals surface area (Å²) in [5, 5.41) is 3.11. The number of nitrogens with one attached hydrogen (secondary N) is 1. The Labute approximate surface area is 114 Å². The lowest BCUT2D eigenvalue weighted by atomic mass is 10.00. The van der Waals surface area contributed by atoms with Gasteiger partial charge in [-0.1, -0.05) is 40.5 Å². The molecule has 0 radical (unpaired) electrons. The molecule has 0 saturated heterocycles. The first kappa shape index (κ1) is 15.5. The Morgan fingerprint density at radius 3 is 2.56 bits per heavy atom. The molecule has 1 aromatic rings. The van der Waals surface area contributed by atoms with Gasteiger partial charge in [0.15, 0.2) is 0 Å². The third-order valence-electron chi connectivity index (χ3n) is 2.69. The Balaban J connectivity index is 2.86. The van der Waals surface area contributed by atoms with E-state index in [2.05, 4.69) is 21.2 Å². The molecule has 0 heterocycles. The Morgan fingerprint density at radius 1 is 1.33 bits per heavy atom. The van der Waals surface area contributed by atoms with E-state index in [4.69, 9.17) is 0 Å². The maximum atomic E-state index is 12.3. The van der Waals surface area contributed by atoms with Crippen LogP contribution in [-0.2, 0) is 0 Å². The van der Waals surface area contributed by atoms with E-state index < -0.39 is 12.6 Å². The molecule has 1 unspecified atom stereocenters. The van der Waals surface area contributed by atoms with Crippen LogP contribution in [0.2, 0.25) is 0 Å². The SMILES string of the molecule is CCNC(CCC(F)(F)F)c1cc(C)ccc1Br. The third kappa shape index (κ3) is 4.98. The normalized spacial score (nSPS) is 13.7. The van der Waals surface area contributed by atoms with Crippen LogP contribution in [0, 0.1) is 6.92 Å². The Bertz CT molecular complexity index is 390. The minimum absolute atomic E-state index is 0.0550. The summed E-state index contributed by atoms with van der Waals surface area (Å²) < 4.78 is 37.8.